The SMILES string of the molecule is CCNNC/C(=C/OCC)CC. The van der Waals surface area contributed by atoms with Crippen LogP contribution in [0.1, 0.15) is 27.2 Å². The highest BCUT2D eigenvalue weighted by atomic mass is 16.5. The summed E-state index contributed by atoms with van der Waals surface area (Å²) < 4.78 is 5.19. The van der Waals surface area contributed by atoms with E-state index in [0.29, 0.717) is 0 Å². The molecule has 0 aromatic carbocycles. The summed E-state index contributed by atoms with van der Waals surface area (Å²) in [6, 6.07) is 0. The van der Waals surface area contributed by atoms with Crippen LogP contribution < -0.4 is 10.9 Å². The minimum Gasteiger partial charge on any atom is -0.501 e. The molecule has 0 amide bonds. The van der Waals surface area contributed by atoms with E-state index in [9.17, 15) is 0 Å². The van der Waals surface area contributed by atoms with Crippen LogP contribution in [0.5, 0.6) is 0 Å². The summed E-state index contributed by atoms with van der Waals surface area (Å²) in [5.41, 5.74) is 7.42. The third-order valence-corrected chi connectivity index (χ3v) is 1.49. The Morgan fingerprint density at radius 3 is 2.50 bits per heavy atom. The molecule has 0 atom stereocenters. The molecule has 0 aliphatic heterocycles. The number of nitrogens with one attached hydrogen (secondary N) is 2. The molecule has 0 saturated heterocycles. The first kappa shape index (κ1) is 11.5. The number of hydrogen-bond acceptors (Lipinski definition) is 3. The van der Waals surface area contributed by atoms with Gasteiger partial charge < -0.3 is 4.74 Å². The van der Waals surface area contributed by atoms with Gasteiger partial charge in [-0.25, -0.2) is 0 Å². The largest absolute Gasteiger partial charge is 0.501 e. The van der Waals surface area contributed by atoms with E-state index >= 15 is 0 Å². The van der Waals surface area contributed by atoms with Gasteiger partial charge in [-0.3, -0.25) is 10.9 Å². The molecule has 0 aliphatic carbocycles. The highest BCUT2D eigenvalue weighted by Crippen LogP contribution is 1.97. The lowest BCUT2D eigenvalue weighted by molar-refractivity contribution is 0.264. The maximum absolute atomic E-state index is 5.19. The predicted molar refractivity (Wildman–Crippen MR) is 51.7 cm³/mol. The molecule has 3 heteroatoms. The van der Waals surface area contributed by atoms with Crippen molar-refractivity contribution in [2.24, 2.45) is 0 Å². The summed E-state index contributed by atoms with van der Waals surface area (Å²) in [4.78, 5) is 0. The van der Waals surface area contributed by atoms with Crippen molar-refractivity contribution in [3.05, 3.63) is 11.8 Å². The summed E-state index contributed by atoms with van der Waals surface area (Å²) in [5, 5.41) is 0. The van der Waals surface area contributed by atoms with Crippen LogP contribution in [0.25, 0.3) is 0 Å². The van der Waals surface area contributed by atoms with E-state index in [1.54, 1.807) is 0 Å². The van der Waals surface area contributed by atoms with Crippen molar-refractivity contribution in [2.75, 3.05) is 19.7 Å². The Morgan fingerprint density at radius 1 is 1.25 bits per heavy atom. The van der Waals surface area contributed by atoms with E-state index in [1.807, 2.05) is 13.2 Å². The van der Waals surface area contributed by atoms with E-state index in [1.165, 1.54) is 5.57 Å². The van der Waals surface area contributed by atoms with Crippen LogP contribution in [0.3, 0.4) is 0 Å². The van der Waals surface area contributed by atoms with E-state index < -0.39 is 0 Å². The minimum absolute atomic E-state index is 0.741. The second-order valence-corrected chi connectivity index (χ2v) is 2.47. The lowest BCUT2D eigenvalue weighted by Crippen LogP contribution is -2.32. The topological polar surface area (TPSA) is 33.3 Å². The minimum atomic E-state index is 0.741. The molecule has 0 spiro atoms. The standard InChI is InChI=1S/C9H20N2O/c1-4-9(8-12-6-3)7-11-10-5-2/h8,10-11H,4-7H2,1-3H3/b9-8+. The van der Waals surface area contributed by atoms with Crippen molar-refractivity contribution in [2.45, 2.75) is 27.2 Å². The van der Waals surface area contributed by atoms with Crippen LogP contribution in [0.15, 0.2) is 11.8 Å². The first-order chi connectivity index (χ1) is 5.85. The van der Waals surface area contributed by atoms with Crippen molar-refractivity contribution in [1.82, 2.24) is 10.9 Å². The zero-order chi connectivity index (χ0) is 9.23. The molecule has 2 N–H and O–H groups in total. The number of ether oxygens (including phenoxy) is 1. The van der Waals surface area contributed by atoms with Crippen molar-refractivity contribution in [3.8, 4) is 0 Å². The molecule has 0 heterocycles. The van der Waals surface area contributed by atoms with Crippen LogP contribution in [0, 0.1) is 0 Å². The Morgan fingerprint density at radius 2 is 2.00 bits per heavy atom. The molecule has 12 heavy (non-hydrogen) atoms. The van der Waals surface area contributed by atoms with Crippen molar-refractivity contribution < 1.29 is 4.74 Å². The lowest BCUT2D eigenvalue weighted by atomic mass is 10.2. The van der Waals surface area contributed by atoms with E-state index in [4.69, 9.17) is 4.74 Å². The highest BCUT2D eigenvalue weighted by Gasteiger charge is 1.92. The fourth-order valence-corrected chi connectivity index (χ4v) is 0.752. The summed E-state index contributed by atoms with van der Waals surface area (Å²) in [6.45, 7) is 8.70. The Balaban J connectivity index is 3.52. The average molecular weight is 172 g/mol. The normalized spacial score (nSPS) is 11.8. The van der Waals surface area contributed by atoms with Gasteiger partial charge in [-0.1, -0.05) is 13.8 Å². The van der Waals surface area contributed by atoms with Gasteiger partial charge in [-0.05, 0) is 18.9 Å². The third kappa shape index (κ3) is 6.19. The van der Waals surface area contributed by atoms with Gasteiger partial charge in [0.1, 0.15) is 0 Å². The molecule has 0 rings (SSSR count). The van der Waals surface area contributed by atoms with Gasteiger partial charge in [0.2, 0.25) is 0 Å². The molecule has 0 aromatic rings. The molecule has 0 unspecified atom stereocenters. The molecule has 72 valence electrons. The monoisotopic (exact) mass is 172 g/mol. The maximum Gasteiger partial charge on any atom is 0.0845 e. The fraction of sp³-hybridized carbons (Fsp3) is 0.778. The van der Waals surface area contributed by atoms with Crippen LogP contribution in [-0.4, -0.2) is 19.7 Å². The number of hydrazine groups is 1. The molecule has 0 saturated carbocycles. The Bertz CT molecular complexity index is 124. The second kappa shape index (κ2) is 8.56. The van der Waals surface area contributed by atoms with Crippen molar-refractivity contribution >= 4 is 0 Å². The van der Waals surface area contributed by atoms with Gasteiger partial charge in [0, 0.05) is 13.1 Å². The summed E-state index contributed by atoms with van der Waals surface area (Å²) in [7, 11) is 0. The van der Waals surface area contributed by atoms with Gasteiger partial charge in [-0.2, -0.15) is 0 Å². The molecule has 0 aromatic heterocycles. The van der Waals surface area contributed by atoms with Crippen LogP contribution in [0.2, 0.25) is 0 Å². The van der Waals surface area contributed by atoms with Gasteiger partial charge in [0.25, 0.3) is 0 Å². The maximum atomic E-state index is 5.19. The van der Waals surface area contributed by atoms with Crippen molar-refractivity contribution in [3.63, 3.8) is 0 Å². The third-order valence-electron chi connectivity index (χ3n) is 1.49. The lowest BCUT2D eigenvalue weighted by Gasteiger charge is -2.07. The zero-order valence-electron chi connectivity index (χ0n) is 8.31. The zero-order valence-corrected chi connectivity index (χ0v) is 8.31. The van der Waals surface area contributed by atoms with Gasteiger partial charge >= 0.3 is 0 Å². The first-order valence-corrected chi connectivity index (χ1v) is 4.60. The molecule has 0 aliphatic rings. The molecule has 0 bridgehead atoms. The highest BCUT2D eigenvalue weighted by molar-refractivity contribution is 4.98. The van der Waals surface area contributed by atoms with Gasteiger partial charge in [0.15, 0.2) is 0 Å². The fourth-order valence-electron chi connectivity index (χ4n) is 0.752. The quantitative estimate of drug-likeness (QED) is 0.346. The summed E-state index contributed by atoms with van der Waals surface area (Å²) in [5.74, 6) is 0. The van der Waals surface area contributed by atoms with Gasteiger partial charge in [-0.15, -0.1) is 0 Å². The van der Waals surface area contributed by atoms with E-state index in [0.717, 1.165) is 26.1 Å². The van der Waals surface area contributed by atoms with Crippen LogP contribution >= 0.6 is 0 Å². The summed E-state index contributed by atoms with van der Waals surface area (Å²) >= 11 is 0. The number of rotatable bonds is 7. The molecule has 3 nitrogen and oxygen atoms in total. The van der Waals surface area contributed by atoms with Crippen LogP contribution in [0.4, 0.5) is 0 Å². The van der Waals surface area contributed by atoms with Crippen molar-refractivity contribution in [1.29, 1.82) is 0 Å². The van der Waals surface area contributed by atoms with E-state index in [2.05, 4.69) is 24.7 Å². The molecular formula is C9H20N2O. The van der Waals surface area contributed by atoms with E-state index in [-0.39, 0.29) is 0 Å². The molecule has 0 radical (unpaired) electrons. The average Bonchev–Trinajstić information content (AvgIpc) is 2.11. The Hall–Kier alpha value is -0.540. The summed E-state index contributed by atoms with van der Waals surface area (Å²) in [6.07, 6.45) is 2.86. The predicted octanol–water partition coefficient (Wildman–Crippen LogP) is 1.43. The second-order valence-electron chi connectivity index (χ2n) is 2.47. The number of hydrogen-bond donors (Lipinski definition) is 2. The Labute approximate surface area is 75.2 Å². The first-order valence-electron chi connectivity index (χ1n) is 4.60. The Kier molecular flexibility index (Phi) is 8.17. The van der Waals surface area contributed by atoms with Crippen LogP contribution in [-0.2, 0) is 4.74 Å². The molecular weight excluding hydrogens is 152 g/mol. The smallest absolute Gasteiger partial charge is 0.0845 e. The van der Waals surface area contributed by atoms with Gasteiger partial charge in [0.05, 0.1) is 12.9 Å². The molecule has 0 fully saturated rings.